The Morgan fingerprint density at radius 1 is 1.15 bits per heavy atom. The molecule has 0 bridgehead atoms. The van der Waals surface area contributed by atoms with Crippen LogP contribution in [0.4, 0.5) is 0 Å². The van der Waals surface area contributed by atoms with Crippen molar-refractivity contribution in [3.63, 3.8) is 0 Å². The minimum Gasteiger partial charge on any atom is -0.494 e. The zero-order valence-electron chi connectivity index (χ0n) is 15.3. The van der Waals surface area contributed by atoms with Gasteiger partial charge >= 0.3 is 5.97 Å². The van der Waals surface area contributed by atoms with E-state index in [1.807, 2.05) is 14.0 Å². The highest BCUT2D eigenvalue weighted by Gasteiger charge is 2.30. The van der Waals surface area contributed by atoms with Crippen LogP contribution < -0.4 is 4.74 Å². The fourth-order valence-corrected chi connectivity index (χ4v) is 3.17. The molecule has 0 saturated carbocycles. The summed E-state index contributed by atoms with van der Waals surface area (Å²) in [4.78, 5) is 26.7. The maximum Gasteiger partial charge on any atom is 0.359 e. The average Bonchev–Trinajstić information content (AvgIpc) is 2.98. The van der Waals surface area contributed by atoms with Gasteiger partial charge < -0.3 is 14.4 Å². The molecule has 0 spiro atoms. The molecule has 1 aromatic heterocycles. The van der Waals surface area contributed by atoms with Crippen molar-refractivity contribution in [3.05, 3.63) is 46.8 Å². The Bertz CT molecular complexity index is 811. The van der Waals surface area contributed by atoms with Crippen LogP contribution in [0.2, 0.25) is 0 Å². The fourth-order valence-electron chi connectivity index (χ4n) is 3.17. The molecule has 3 rings (SSSR count). The van der Waals surface area contributed by atoms with Crippen molar-refractivity contribution >= 4 is 11.9 Å². The Morgan fingerprint density at radius 2 is 1.88 bits per heavy atom. The van der Waals surface area contributed by atoms with Crippen molar-refractivity contribution in [2.75, 3.05) is 19.8 Å². The number of amides is 1. The number of fused-ring (bicyclic) bond motifs is 1. The van der Waals surface area contributed by atoms with E-state index in [1.165, 1.54) is 0 Å². The lowest BCUT2D eigenvalue weighted by molar-refractivity contribution is 0.0513. The van der Waals surface area contributed by atoms with Gasteiger partial charge in [-0.15, -0.1) is 0 Å². The summed E-state index contributed by atoms with van der Waals surface area (Å²) in [6.45, 7) is 5.48. The molecule has 7 nitrogen and oxygen atoms in total. The van der Waals surface area contributed by atoms with Gasteiger partial charge in [0, 0.05) is 36.8 Å². The molecular formula is C19H23N3O4. The van der Waals surface area contributed by atoms with Gasteiger partial charge in [-0.3, -0.25) is 9.48 Å². The number of aryl methyl sites for hydroxylation is 1. The lowest BCUT2D eigenvalue weighted by Crippen LogP contribution is -2.36. The standard InChI is InChI=1S/C19H23N3O4/c1-4-25-14-8-6-13(7-9-14)18(23)22-11-10-16-15(12-22)17(20-21(16)3)19(24)26-5-2/h6-9H,4-5,10-12H2,1-3H3. The van der Waals surface area contributed by atoms with Crippen molar-refractivity contribution < 1.29 is 19.1 Å². The summed E-state index contributed by atoms with van der Waals surface area (Å²) < 4.78 is 12.2. The van der Waals surface area contributed by atoms with E-state index in [9.17, 15) is 9.59 Å². The molecule has 1 aliphatic heterocycles. The summed E-state index contributed by atoms with van der Waals surface area (Å²) in [5.74, 6) is 0.221. The van der Waals surface area contributed by atoms with E-state index in [2.05, 4.69) is 5.10 Å². The Balaban J connectivity index is 1.81. The van der Waals surface area contributed by atoms with Gasteiger partial charge in [0.15, 0.2) is 5.69 Å². The number of nitrogens with zero attached hydrogens (tertiary/aromatic N) is 3. The first-order chi connectivity index (χ1) is 12.5. The van der Waals surface area contributed by atoms with Crippen molar-refractivity contribution in [3.8, 4) is 5.75 Å². The predicted molar refractivity (Wildman–Crippen MR) is 95.2 cm³/mol. The molecule has 0 fully saturated rings. The number of ether oxygens (including phenoxy) is 2. The highest BCUT2D eigenvalue weighted by Crippen LogP contribution is 2.24. The van der Waals surface area contributed by atoms with E-state index >= 15 is 0 Å². The van der Waals surface area contributed by atoms with Crippen LogP contribution in [0.3, 0.4) is 0 Å². The molecule has 0 atom stereocenters. The number of rotatable bonds is 5. The Labute approximate surface area is 152 Å². The van der Waals surface area contributed by atoms with Gasteiger partial charge in [-0.05, 0) is 38.1 Å². The minimum atomic E-state index is -0.445. The molecule has 0 saturated heterocycles. The highest BCUT2D eigenvalue weighted by atomic mass is 16.5. The van der Waals surface area contributed by atoms with Crippen LogP contribution in [0, 0.1) is 0 Å². The minimum absolute atomic E-state index is 0.0719. The van der Waals surface area contributed by atoms with E-state index in [0.29, 0.717) is 44.0 Å². The second-order valence-electron chi connectivity index (χ2n) is 6.05. The number of carbonyl (C=O) groups is 2. The lowest BCUT2D eigenvalue weighted by atomic mass is 10.0. The van der Waals surface area contributed by atoms with Crippen molar-refractivity contribution in [2.45, 2.75) is 26.8 Å². The number of benzene rings is 1. The van der Waals surface area contributed by atoms with Crippen molar-refractivity contribution in [1.82, 2.24) is 14.7 Å². The maximum absolute atomic E-state index is 12.8. The number of esters is 1. The smallest absolute Gasteiger partial charge is 0.359 e. The topological polar surface area (TPSA) is 73.7 Å². The van der Waals surface area contributed by atoms with Gasteiger partial charge in [0.1, 0.15) is 5.75 Å². The lowest BCUT2D eigenvalue weighted by Gasteiger charge is -2.27. The second-order valence-corrected chi connectivity index (χ2v) is 6.05. The van der Waals surface area contributed by atoms with E-state index < -0.39 is 5.97 Å². The molecule has 138 valence electrons. The van der Waals surface area contributed by atoms with Crippen LogP contribution in [-0.2, 0) is 24.8 Å². The first-order valence-corrected chi connectivity index (χ1v) is 8.79. The third kappa shape index (κ3) is 3.42. The molecule has 0 N–H and O–H groups in total. The van der Waals surface area contributed by atoms with Gasteiger partial charge in [0.2, 0.25) is 0 Å². The first-order valence-electron chi connectivity index (χ1n) is 8.79. The molecular weight excluding hydrogens is 334 g/mol. The molecule has 7 heteroatoms. The molecule has 26 heavy (non-hydrogen) atoms. The number of aromatic nitrogens is 2. The average molecular weight is 357 g/mol. The molecule has 1 aromatic carbocycles. The first kappa shape index (κ1) is 18.0. The van der Waals surface area contributed by atoms with Crippen LogP contribution in [0.1, 0.15) is 46.0 Å². The number of hydrogen-bond acceptors (Lipinski definition) is 5. The van der Waals surface area contributed by atoms with Crippen LogP contribution in [-0.4, -0.2) is 46.3 Å². The van der Waals surface area contributed by atoms with Gasteiger partial charge in [0.25, 0.3) is 5.91 Å². The fraction of sp³-hybridized carbons (Fsp3) is 0.421. The molecule has 1 amide bonds. The Morgan fingerprint density at radius 3 is 2.54 bits per heavy atom. The van der Waals surface area contributed by atoms with E-state index in [1.54, 1.807) is 40.8 Å². The van der Waals surface area contributed by atoms with Gasteiger partial charge in [-0.2, -0.15) is 5.10 Å². The second kappa shape index (κ2) is 7.59. The zero-order valence-corrected chi connectivity index (χ0v) is 15.3. The van der Waals surface area contributed by atoms with E-state index in [4.69, 9.17) is 9.47 Å². The van der Waals surface area contributed by atoms with Gasteiger partial charge in [-0.1, -0.05) is 0 Å². The number of carbonyl (C=O) groups excluding carboxylic acids is 2. The van der Waals surface area contributed by atoms with Crippen LogP contribution >= 0.6 is 0 Å². The molecule has 0 aliphatic carbocycles. The SMILES string of the molecule is CCOC(=O)c1nn(C)c2c1CN(C(=O)c1ccc(OCC)cc1)CC2. The summed E-state index contributed by atoms with van der Waals surface area (Å²) in [6.07, 6.45) is 0.654. The Hall–Kier alpha value is -2.83. The van der Waals surface area contributed by atoms with Crippen LogP contribution in [0.25, 0.3) is 0 Å². The molecule has 0 unspecified atom stereocenters. The molecule has 2 heterocycles. The van der Waals surface area contributed by atoms with Crippen molar-refractivity contribution in [1.29, 1.82) is 0 Å². The maximum atomic E-state index is 12.8. The Kier molecular flexibility index (Phi) is 5.25. The highest BCUT2D eigenvalue weighted by molar-refractivity contribution is 5.95. The number of hydrogen-bond donors (Lipinski definition) is 0. The van der Waals surface area contributed by atoms with Crippen LogP contribution in [0.15, 0.2) is 24.3 Å². The van der Waals surface area contributed by atoms with E-state index in [0.717, 1.165) is 17.0 Å². The summed E-state index contributed by atoms with van der Waals surface area (Å²) in [5.41, 5.74) is 2.65. The largest absolute Gasteiger partial charge is 0.494 e. The summed E-state index contributed by atoms with van der Waals surface area (Å²) in [7, 11) is 1.81. The zero-order chi connectivity index (χ0) is 18.7. The third-order valence-corrected chi connectivity index (χ3v) is 4.41. The molecule has 0 radical (unpaired) electrons. The predicted octanol–water partition coefficient (Wildman–Crippen LogP) is 2.19. The van der Waals surface area contributed by atoms with E-state index in [-0.39, 0.29) is 5.91 Å². The quantitative estimate of drug-likeness (QED) is 0.767. The normalized spacial score (nSPS) is 13.3. The van der Waals surface area contributed by atoms with Crippen molar-refractivity contribution in [2.24, 2.45) is 7.05 Å². The van der Waals surface area contributed by atoms with Gasteiger partial charge in [0.05, 0.1) is 19.8 Å². The summed E-state index contributed by atoms with van der Waals surface area (Å²) in [6, 6.07) is 7.11. The summed E-state index contributed by atoms with van der Waals surface area (Å²) in [5, 5.41) is 4.30. The third-order valence-electron chi connectivity index (χ3n) is 4.41. The summed E-state index contributed by atoms with van der Waals surface area (Å²) >= 11 is 0. The molecule has 2 aromatic rings. The van der Waals surface area contributed by atoms with Crippen LogP contribution in [0.5, 0.6) is 5.75 Å². The van der Waals surface area contributed by atoms with Gasteiger partial charge in [-0.25, -0.2) is 4.79 Å². The monoisotopic (exact) mass is 357 g/mol. The molecule has 1 aliphatic rings.